The fraction of sp³-hybridized carbons (Fsp3) is 0.227. The SMILES string of the molecule is CC(C)(C)c1cc(C(C(=O)[O-])c2cccc3ccccc23)ccc1O. The number of hydrogen-bond donors (Lipinski definition) is 1. The highest BCUT2D eigenvalue weighted by atomic mass is 16.4. The Morgan fingerprint density at radius 3 is 2.36 bits per heavy atom. The standard InChI is InChI=1S/C22H22O3/c1-22(2,3)18-13-15(11-12-19(18)23)20(21(24)25)17-10-6-8-14-7-4-5-9-16(14)17/h4-13,20,23H,1-3H3,(H,24,25)/p-1. The molecule has 3 rings (SSSR count). The molecule has 0 heterocycles. The molecule has 0 aliphatic heterocycles. The van der Waals surface area contributed by atoms with Gasteiger partial charge in [-0.1, -0.05) is 75.4 Å². The van der Waals surface area contributed by atoms with Crippen molar-refractivity contribution in [2.75, 3.05) is 0 Å². The Labute approximate surface area is 147 Å². The second-order valence-corrected chi connectivity index (χ2v) is 7.35. The molecule has 0 aliphatic rings. The first-order valence-electron chi connectivity index (χ1n) is 8.31. The third-order valence-corrected chi connectivity index (χ3v) is 4.53. The van der Waals surface area contributed by atoms with E-state index in [1.54, 1.807) is 18.2 Å². The zero-order valence-corrected chi connectivity index (χ0v) is 14.6. The molecule has 0 bridgehead atoms. The van der Waals surface area contributed by atoms with E-state index in [-0.39, 0.29) is 11.2 Å². The lowest BCUT2D eigenvalue weighted by Crippen LogP contribution is -2.31. The van der Waals surface area contributed by atoms with Crippen molar-refractivity contribution in [1.82, 2.24) is 0 Å². The number of fused-ring (bicyclic) bond motifs is 1. The predicted octanol–water partition coefficient (Wildman–Crippen LogP) is 3.72. The van der Waals surface area contributed by atoms with E-state index in [1.807, 2.05) is 63.2 Å². The number of benzene rings is 3. The van der Waals surface area contributed by atoms with Crippen LogP contribution in [0.1, 0.15) is 43.4 Å². The van der Waals surface area contributed by atoms with Crippen LogP contribution in [0.4, 0.5) is 0 Å². The monoisotopic (exact) mass is 333 g/mol. The number of aliphatic carboxylic acids is 1. The molecule has 0 saturated heterocycles. The number of phenolic OH excluding ortho intramolecular Hbond substituents is 1. The average molecular weight is 333 g/mol. The van der Waals surface area contributed by atoms with Gasteiger partial charge in [-0.25, -0.2) is 0 Å². The smallest absolute Gasteiger partial charge is 0.119 e. The molecule has 0 fully saturated rings. The summed E-state index contributed by atoms with van der Waals surface area (Å²) in [5.74, 6) is -1.87. The first-order chi connectivity index (χ1) is 11.8. The van der Waals surface area contributed by atoms with E-state index >= 15 is 0 Å². The average Bonchev–Trinajstić information content (AvgIpc) is 2.55. The number of hydrogen-bond acceptors (Lipinski definition) is 3. The highest BCUT2D eigenvalue weighted by Gasteiger charge is 2.23. The van der Waals surface area contributed by atoms with Crippen LogP contribution in [0.25, 0.3) is 10.8 Å². The molecule has 0 radical (unpaired) electrons. The fourth-order valence-corrected chi connectivity index (χ4v) is 3.28. The van der Waals surface area contributed by atoms with Crippen LogP contribution >= 0.6 is 0 Å². The molecule has 0 spiro atoms. The van der Waals surface area contributed by atoms with Gasteiger partial charge in [0.2, 0.25) is 0 Å². The minimum absolute atomic E-state index is 0.172. The molecule has 1 atom stereocenters. The van der Waals surface area contributed by atoms with E-state index < -0.39 is 11.9 Å². The summed E-state index contributed by atoms with van der Waals surface area (Å²) in [6, 6.07) is 18.4. The Kier molecular flexibility index (Phi) is 4.25. The molecular formula is C22H21O3-. The summed E-state index contributed by atoms with van der Waals surface area (Å²) in [5.41, 5.74) is 1.73. The zero-order chi connectivity index (χ0) is 18.2. The van der Waals surface area contributed by atoms with Gasteiger partial charge in [0.15, 0.2) is 0 Å². The molecule has 3 aromatic rings. The Morgan fingerprint density at radius 1 is 1.00 bits per heavy atom. The largest absolute Gasteiger partial charge is 0.549 e. The van der Waals surface area contributed by atoms with Gasteiger partial charge in [0.25, 0.3) is 0 Å². The lowest BCUT2D eigenvalue weighted by atomic mass is 9.81. The van der Waals surface area contributed by atoms with Crippen LogP contribution in [-0.4, -0.2) is 11.1 Å². The summed E-state index contributed by atoms with van der Waals surface area (Å²) >= 11 is 0. The first-order valence-corrected chi connectivity index (χ1v) is 8.31. The van der Waals surface area contributed by atoms with Crippen molar-refractivity contribution in [2.24, 2.45) is 0 Å². The molecule has 128 valence electrons. The summed E-state index contributed by atoms with van der Waals surface area (Å²) < 4.78 is 0. The lowest BCUT2D eigenvalue weighted by molar-refractivity contribution is -0.306. The number of aromatic hydroxyl groups is 1. The van der Waals surface area contributed by atoms with Crippen LogP contribution in [0.5, 0.6) is 5.75 Å². The van der Waals surface area contributed by atoms with Gasteiger partial charge in [-0.05, 0) is 38.9 Å². The minimum Gasteiger partial charge on any atom is -0.549 e. The molecule has 1 N–H and O–H groups in total. The van der Waals surface area contributed by atoms with Gasteiger partial charge in [0.05, 0.1) is 5.97 Å². The van der Waals surface area contributed by atoms with Gasteiger partial charge < -0.3 is 15.0 Å². The normalized spacial score (nSPS) is 12.9. The van der Waals surface area contributed by atoms with Crippen molar-refractivity contribution in [2.45, 2.75) is 32.1 Å². The topological polar surface area (TPSA) is 60.4 Å². The van der Waals surface area contributed by atoms with Crippen LogP contribution < -0.4 is 5.11 Å². The Bertz CT molecular complexity index is 930. The molecule has 0 aromatic heterocycles. The van der Waals surface area contributed by atoms with E-state index in [9.17, 15) is 15.0 Å². The van der Waals surface area contributed by atoms with Crippen molar-refractivity contribution in [3.63, 3.8) is 0 Å². The van der Waals surface area contributed by atoms with Crippen molar-refractivity contribution < 1.29 is 15.0 Å². The molecule has 3 heteroatoms. The van der Waals surface area contributed by atoms with Gasteiger partial charge in [0.1, 0.15) is 5.75 Å². The summed E-state index contributed by atoms with van der Waals surface area (Å²) in [6.07, 6.45) is 0. The maximum Gasteiger partial charge on any atom is 0.119 e. The maximum atomic E-state index is 12.0. The van der Waals surface area contributed by atoms with Crippen molar-refractivity contribution in [3.05, 3.63) is 77.4 Å². The van der Waals surface area contributed by atoms with E-state index in [2.05, 4.69) is 0 Å². The number of rotatable bonds is 3. The maximum absolute atomic E-state index is 12.0. The third kappa shape index (κ3) is 3.22. The van der Waals surface area contributed by atoms with E-state index in [0.717, 1.165) is 16.3 Å². The Balaban J connectivity index is 2.22. The van der Waals surface area contributed by atoms with Crippen LogP contribution in [0, 0.1) is 0 Å². The van der Waals surface area contributed by atoms with Crippen molar-refractivity contribution in [3.8, 4) is 5.75 Å². The van der Waals surface area contributed by atoms with Gasteiger partial charge in [-0.2, -0.15) is 0 Å². The lowest BCUT2D eigenvalue weighted by Gasteiger charge is -2.25. The second-order valence-electron chi connectivity index (χ2n) is 7.35. The van der Waals surface area contributed by atoms with Gasteiger partial charge in [0, 0.05) is 5.92 Å². The van der Waals surface area contributed by atoms with Gasteiger partial charge in [-0.3, -0.25) is 0 Å². The molecule has 25 heavy (non-hydrogen) atoms. The molecule has 3 nitrogen and oxygen atoms in total. The van der Waals surface area contributed by atoms with E-state index in [4.69, 9.17) is 0 Å². The molecule has 0 saturated carbocycles. The Morgan fingerprint density at radius 2 is 1.68 bits per heavy atom. The van der Waals surface area contributed by atoms with E-state index in [0.29, 0.717) is 11.1 Å². The summed E-state index contributed by atoms with van der Waals surface area (Å²) in [7, 11) is 0. The van der Waals surface area contributed by atoms with Crippen LogP contribution in [0.3, 0.4) is 0 Å². The van der Waals surface area contributed by atoms with Crippen molar-refractivity contribution in [1.29, 1.82) is 0 Å². The summed E-state index contributed by atoms with van der Waals surface area (Å²) in [5, 5.41) is 24.1. The zero-order valence-electron chi connectivity index (χ0n) is 14.6. The number of carbonyl (C=O) groups is 1. The minimum atomic E-state index is -1.15. The number of carboxylic acid groups (broad SMARTS) is 1. The number of carbonyl (C=O) groups excluding carboxylic acids is 1. The van der Waals surface area contributed by atoms with Crippen LogP contribution in [-0.2, 0) is 10.2 Å². The van der Waals surface area contributed by atoms with Gasteiger partial charge in [-0.15, -0.1) is 0 Å². The molecule has 0 aliphatic carbocycles. The molecular weight excluding hydrogens is 312 g/mol. The number of carboxylic acids is 1. The third-order valence-electron chi connectivity index (χ3n) is 4.53. The highest BCUT2D eigenvalue weighted by molar-refractivity contribution is 5.92. The quantitative estimate of drug-likeness (QED) is 0.794. The highest BCUT2D eigenvalue weighted by Crippen LogP contribution is 2.36. The van der Waals surface area contributed by atoms with Crippen molar-refractivity contribution >= 4 is 16.7 Å². The first kappa shape index (κ1) is 17.0. The predicted molar refractivity (Wildman–Crippen MR) is 97.6 cm³/mol. The Hall–Kier alpha value is -2.81. The molecule has 0 amide bonds. The molecule has 3 aromatic carbocycles. The fourth-order valence-electron chi connectivity index (χ4n) is 3.28. The van der Waals surface area contributed by atoms with E-state index in [1.165, 1.54) is 0 Å². The van der Waals surface area contributed by atoms with Gasteiger partial charge >= 0.3 is 0 Å². The second kappa shape index (κ2) is 6.25. The summed E-state index contributed by atoms with van der Waals surface area (Å²) in [4.78, 5) is 12.0. The number of phenols is 1. The van der Waals surface area contributed by atoms with Crippen LogP contribution in [0.2, 0.25) is 0 Å². The summed E-state index contributed by atoms with van der Waals surface area (Å²) in [6.45, 7) is 5.95. The van der Waals surface area contributed by atoms with Crippen LogP contribution in [0.15, 0.2) is 60.7 Å². The molecule has 1 unspecified atom stereocenters.